The Morgan fingerprint density at radius 3 is 2.00 bits per heavy atom. The predicted octanol–water partition coefficient (Wildman–Crippen LogP) is 4.59. The fourth-order valence-corrected chi connectivity index (χ4v) is 0.896. The van der Waals surface area contributed by atoms with E-state index in [1.54, 1.807) is 6.08 Å². The highest BCUT2D eigenvalue weighted by Gasteiger charge is 1.74. The van der Waals surface area contributed by atoms with Crippen molar-refractivity contribution in [1.82, 2.24) is 0 Å². The summed E-state index contributed by atoms with van der Waals surface area (Å²) in [4.78, 5) is 0. The molecule has 0 aromatic carbocycles. The van der Waals surface area contributed by atoms with E-state index in [4.69, 9.17) is 0 Å². The zero-order valence-electron chi connectivity index (χ0n) is 9.02. The molecule has 0 atom stereocenters. The quantitative estimate of drug-likeness (QED) is 0.405. The van der Waals surface area contributed by atoms with Gasteiger partial charge in [0.25, 0.3) is 0 Å². The Hall–Kier alpha value is -1.30. The van der Waals surface area contributed by atoms with Crippen LogP contribution in [0.15, 0.2) is 61.3 Å². The van der Waals surface area contributed by atoms with E-state index in [0.29, 0.717) is 0 Å². The summed E-state index contributed by atoms with van der Waals surface area (Å²) in [7, 11) is 0. The highest BCUT2D eigenvalue weighted by molar-refractivity contribution is 5.17. The van der Waals surface area contributed by atoms with Gasteiger partial charge in [0.15, 0.2) is 0 Å². The van der Waals surface area contributed by atoms with Crippen molar-refractivity contribution in [2.75, 3.05) is 0 Å². The van der Waals surface area contributed by atoms with E-state index in [0.717, 1.165) is 0 Å². The number of hydrogen-bond acceptors (Lipinski definition) is 0. The number of hydrogen-bond donors (Lipinski definition) is 0. The third-order valence-corrected chi connectivity index (χ3v) is 1.66. The molecule has 0 amide bonds. The summed E-state index contributed by atoms with van der Waals surface area (Å²) in [5.74, 6) is 0. The highest BCUT2D eigenvalue weighted by atomic mass is 13.8. The van der Waals surface area contributed by atoms with Crippen LogP contribution in [0, 0.1) is 0 Å². The van der Waals surface area contributed by atoms with E-state index in [1.807, 2.05) is 36.5 Å². The predicted molar refractivity (Wildman–Crippen MR) is 66.3 cm³/mol. The van der Waals surface area contributed by atoms with Gasteiger partial charge in [-0.2, -0.15) is 0 Å². The summed E-state index contributed by atoms with van der Waals surface area (Å²) < 4.78 is 0. The maximum absolute atomic E-state index is 3.59. The van der Waals surface area contributed by atoms with E-state index in [1.165, 1.54) is 19.3 Å². The lowest BCUT2D eigenvalue weighted by Crippen LogP contribution is -1.64. The van der Waals surface area contributed by atoms with Crippen LogP contribution in [0.5, 0.6) is 0 Å². The molecule has 0 aliphatic rings. The van der Waals surface area contributed by atoms with Gasteiger partial charge in [-0.15, -0.1) is 0 Å². The monoisotopic (exact) mass is 188 g/mol. The Morgan fingerprint density at radius 1 is 0.857 bits per heavy atom. The van der Waals surface area contributed by atoms with E-state index in [2.05, 4.69) is 25.7 Å². The molecule has 0 saturated carbocycles. The van der Waals surface area contributed by atoms with Crippen molar-refractivity contribution >= 4 is 0 Å². The van der Waals surface area contributed by atoms with Crippen LogP contribution >= 0.6 is 0 Å². The van der Waals surface area contributed by atoms with Gasteiger partial charge in [0, 0.05) is 0 Å². The summed E-state index contributed by atoms with van der Waals surface area (Å²) in [5.41, 5.74) is 0. The first-order valence-corrected chi connectivity index (χ1v) is 5.19. The molecule has 0 fully saturated rings. The molecule has 0 saturated heterocycles. The summed E-state index contributed by atoms with van der Waals surface area (Å²) in [5, 5.41) is 0. The molecule has 0 N–H and O–H groups in total. The van der Waals surface area contributed by atoms with E-state index in [9.17, 15) is 0 Å². The normalized spacial score (nSPS) is 12.6. The fraction of sp³-hybridized carbons (Fsp3) is 0.286. The van der Waals surface area contributed by atoms with Gasteiger partial charge >= 0.3 is 0 Å². The molecule has 0 bridgehead atoms. The van der Waals surface area contributed by atoms with E-state index in [-0.39, 0.29) is 0 Å². The van der Waals surface area contributed by atoms with Crippen molar-refractivity contribution in [1.29, 1.82) is 0 Å². The number of allylic oxidation sites excluding steroid dienone is 9. The van der Waals surface area contributed by atoms with Crippen LogP contribution in [0.4, 0.5) is 0 Å². The minimum Gasteiger partial charge on any atom is -0.0991 e. The van der Waals surface area contributed by atoms with Crippen molar-refractivity contribution in [3.8, 4) is 0 Å². The molecule has 0 nitrogen and oxygen atoms in total. The summed E-state index contributed by atoms with van der Waals surface area (Å²) >= 11 is 0. The molecule has 0 rings (SSSR count). The lowest BCUT2D eigenvalue weighted by Gasteiger charge is -1.84. The molecule has 0 spiro atoms. The Balaban J connectivity index is 3.52. The topological polar surface area (TPSA) is 0 Å². The Morgan fingerprint density at radius 2 is 1.43 bits per heavy atom. The van der Waals surface area contributed by atoms with Crippen molar-refractivity contribution in [2.45, 2.75) is 26.2 Å². The van der Waals surface area contributed by atoms with Crippen LogP contribution in [0.25, 0.3) is 0 Å². The zero-order valence-corrected chi connectivity index (χ0v) is 9.02. The third kappa shape index (κ3) is 10.7. The molecule has 0 aliphatic heterocycles. The van der Waals surface area contributed by atoms with E-state index >= 15 is 0 Å². The second kappa shape index (κ2) is 11.7. The molecule has 0 unspecified atom stereocenters. The van der Waals surface area contributed by atoms with Gasteiger partial charge in [-0.25, -0.2) is 0 Å². The van der Waals surface area contributed by atoms with Gasteiger partial charge in [-0.1, -0.05) is 81.0 Å². The molecule has 0 aliphatic carbocycles. The Bertz CT molecular complexity index is 226. The van der Waals surface area contributed by atoms with Crippen LogP contribution < -0.4 is 0 Å². The van der Waals surface area contributed by atoms with Crippen LogP contribution in [-0.2, 0) is 0 Å². The van der Waals surface area contributed by atoms with Gasteiger partial charge in [0.05, 0.1) is 0 Å². The van der Waals surface area contributed by atoms with Crippen molar-refractivity contribution < 1.29 is 0 Å². The summed E-state index contributed by atoms with van der Waals surface area (Å²) in [6.07, 6.45) is 21.7. The molecule has 0 aromatic heterocycles. The molecule has 14 heavy (non-hydrogen) atoms. The Kier molecular flexibility index (Phi) is 10.6. The maximum atomic E-state index is 3.59. The molecule has 0 aromatic rings. The molecule has 0 heterocycles. The van der Waals surface area contributed by atoms with Gasteiger partial charge in [0.2, 0.25) is 0 Å². The van der Waals surface area contributed by atoms with Crippen LogP contribution in [-0.4, -0.2) is 0 Å². The minimum absolute atomic E-state index is 1.18. The minimum atomic E-state index is 1.18. The largest absolute Gasteiger partial charge is 0.0991 e. The van der Waals surface area contributed by atoms with Gasteiger partial charge in [-0.05, 0) is 6.42 Å². The van der Waals surface area contributed by atoms with Crippen molar-refractivity contribution in [3.63, 3.8) is 0 Å². The SMILES string of the molecule is C=CC=CC=CC=CC=CCCCC. The summed E-state index contributed by atoms with van der Waals surface area (Å²) in [6, 6.07) is 0. The maximum Gasteiger partial charge on any atom is -0.0348 e. The molecule has 76 valence electrons. The number of rotatable bonds is 7. The smallest absolute Gasteiger partial charge is 0.0348 e. The lowest BCUT2D eigenvalue weighted by molar-refractivity contribution is 0.815. The van der Waals surface area contributed by atoms with Crippen LogP contribution in [0.2, 0.25) is 0 Å². The Labute approximate surface area is 88.0 Å². The molecule has 0 radical (unpaired) electrons. The van der Waals surface area contributed by atoms with Gasteiger partial charge < -0.3 is 0 Å². The third-order valence-electron chi connectivity index (χ3n) is 1.66. The molecular formula is C14H20. The average molecular weight is 188 g/mol. The summed E-state index contributed by atoms with van der Waals surface area (Å²) in [6.45, 7) is 5.79. The van der Waals surface area contributed by atoms with Crippen LogP contribution in [0.3, 0.4) is 0 Å². The van der Waals surface area contributed by atoms with Gasteiger partial charge in [0.1, 0.15) is 0 Å². The lowest BCUT2D eigenvalue weighted by atomic mass is 10.2. The van der Waals surface area contributed by atoms with E-state index < -0.39 is 0 Å². The highest BCUT2D eigenvalue weighted by Crippen LogP contribution is 1.94. The average Bonchev–Trinajstić information content (AvgIpc) is 2.21. The van der Waals surface area contributed by atoms with Crippen LogP contribution in [0.1, 0.15) is 26.2 Å². The zero-order chi connectivity index (χ0) is 10.5. The number of unbranched alkanes of at least 4 members (excludes halogenated alkanes) is 2. The first kappa shape index (κ1) is 12.7. The second-order valence-corrected chi connectivity index (χ2v) is 2.96. The molecular weight excluding hydrogens is 168 g/mol. The first-order chi connectivity index (χ1) is 6.91. The van der Waals surface area contributed by atoms with Crippen molar-refractivity contribution in [2.24, 2.45) is 0 Å². The first-order valence-electron chi connectivity index (χ1n) is 5.19. The standard InChI is InChI=1S/C14H20/c1-3-5-7-9-11-13-14-12-10-8-6-4-2/h3,5,7,9-14H,1,4,6,8H2,2H3. The second-order valence-electron chi connectivity index (χ2n) is 2.96. The van der Waals surface area contributed by atoms with Crippen molar-refractivity contribution in [3.05, 3.63) is 61.3 Å². The van der Waals surface area contributed by atoms with Gasteiger partial charge in [-0.3, -0.25) is 0 Å². The fourth-order valence-electron chi connectivity index (χ4n) is 0.896. The molecule has 0 heteroatoms.